The van der Waals surface area contributed by atoms with Crippen molar-refractivity contribution in [1.82, 2.24) is 10.2 Å². The summed E-state index contributed by atoms with van der Waals surface area (Å²) in [5.74, 6) is 0.778. The molecule has 1 amide bonds. The van der Waals surface area contributed by atoms with Crippen molar-refractivity contribution in [2.24, 2.45) is 5.92 Å². The molecule has 2 aromatic rings. The van der Waals surface area contributed by atoms with Gasteiger partial charge < -0.3 is 10.2 Å². The van der Waals surface area contributed by atoms with Gasteiger partial charge in [0.15, 0.2) is 0 Å². The molecule has 4 nitrogen and oxygen atoms in total. The van der Waals surface area contributed by atoms with Gasteiger partial charge in [-0.15, -0.1) is 0 Å². The normalized spacial score (nSPS) is 21.5. The van der Waals surface area contributed by atoms with E-state index in [1.54, 1.807) is 6.08 Å². The van der Waals surface area contributed by atoms with E-state index >= 15 is 0 Å². The van der Waals surface area contributed by atoms with Crippen LogP contribution < -0.4 is 5.32 Å². The van der Waals surface area contributed by atoms with Gasteiger partial charge in [-0.05, 0) is 92.3 Å². The maximum Gasteiger partial charge on any atom is 0.244 e. The quantitative estimate of drug-likeness (QED) is 0.678. The number of carbonyl (C=O) groups excluding carboxylic acids is 1. The first-order chi connectivity index (χ1) is 15.7. The van der Waals surface area contributed by atoms with Gasteiger partial charge >= 0.3 is 0 Å². The molecular formula is C28H33N3O. The predicted octanol–water partition coefficient (Wildman–Crippen LogP) is 4.74. The predicted molar refractivity (Wildman–Crippen MR) is 129 cm³/mol. The van der Waals surface area contributed by atoms with E-state index < -0.39 is 0 Å². The highest BCUT2D eigenvalue weighted by Gasteiger charge is 2.23. The summed E-state index contributed by atoms with van der Waals surface area (Å²) in [6, 6.07) is 18.7. The second-order valence-electron chi connectivity index (χ2n) is 9.20. The number of hydrogen-bond acceptors (Lipinski definition) is 3. The van der Waals surface area contributed by atoms with E-state index in [1.165, 1.54) is 30.4 Å². The highest BCUT2D eigenvalue weighted by atomic mass is 16.1. The van der Waals surface area contributed by atoms with Crippen LogP contribution in [0.3, 0.4) is 0 Å². The summed E-state index contributed by atoms with van der Waals surface area (Å²) in [4.78, 5) is 14.8. The molecule has 4 heteroatoms. The van der Waals surface area contributed by atoms with Gasteiger partial charge in [0.2, 0.25) is 5.91 Å². The van der Waals surface area contributed by atoms with Crippen molar-refractivity contribution in [1.29, 1.82) is 5.26 Å². The van der Waals surface area contributed by atoms with Crippen LogP contribution in [0.4, 0.5) is 0 Å². The molecule has 1 fully saturated rings. The molecule has 4 rings (SSSR count). The van der Waals surface area contributed by atoms with E-state index in [1.807, 2.05) is 42.5 Å². The molecule has 0 radical (unpaired) electrons. The number of hydrogen-bond donors (Lipinski definition) is 1. The Morgan fingerprint density at radius 2 is 1.78 bits per heavy atom. The molecule has 0 aromatic heterocycles. The van der Waals surface area contributed by atoms with Crippen LogP contribution in [-0.2, 0) is 17.6 Å². The van der Waals surface area contributed by atoms with Gasteiger partial charge in [-0.3, -0.25) is 4.79 Å². The molecule has 0 spiro atoms. The van der Waals surface area contributed by atoms with Crippen molar-refractivity contribution in [3.8, 4) is 6.07 Å². The number of amides is 1. The summed E-state index contributed by atoms with van der Waals surface area (Å²) in [6.45, 7) is 3.35. The third kappa shape index (κ3) is 6.31. The number of carbonyl (C=O) groups is 1. The molecule has 2 aromatic carbocycles. The van der Waals surface area contributed by atoms with Crippen LogP contribution in [0.15, 0.2) is 54.6 Å². The standard InChI is InChI=1S/C28H33N3O/c29-21-24-6-10-25-15-18-31(19-16-26(25)20-24)17-14-23-7-11-27(12-8-23)30-28(32)13-9-22-4-2-1-3-5-22/h1-6,9-10,13,20,23,27H,7-8,11-12,14-19H2,(H,30,32)/b13-9-. The van der Waals surface area contributed by atoms with Gasteiger partial charge in [-0.2, -0.15) is 5.26 Å². The monoisotopic (exact) mass is 427 g/mol. The maximum absolute atomic E-state index is 12.2. The fraction of sp³-hybridized carbons (Fsp3) is 0.429. The van der Waals surface area contributed by atoms with Crippen molar-refractivity contribution in [3.05, 3.63) is 76.9 Å². The average molecular weight is 428 g/mol. The van der Waals surface area contributed by atoms with Gasteiger partial charge in [0.05, 0.1) is 11.6 Å². The van der Waals surface area contributed by atoms with Gasteiger partial charge in [0.25, 0.3) is 0 Å². The van der Waals surface area contributed by atoms with Crippen molar-refractivity contribution < 1.29 is 4.79 Å². The second kappa shape index (κ2) is 11.1. The number of rotatable bonds is 6. The number of benzene rings is 2. The first-order valence-electron chi connectivity index (χ1n) is 12.0. The van der Waals surface area contributed by atoms with Crippen LogP contribution in [0.2, 0.25) is 0 Å². The van der Waals surface area contributed by atoms with E-state index in [9.17, 15) is 4.79 Å². The smallest absolute Gasteiger partial charge is 0.244 e. The lowest BCUT2D eigenvalue weighted by Crippen LogP contribution is -2.37. The Hall–Kier alpha value is -2.90. The fourth-order valence-electron chi connectivity index (χ4n) is 5.01. The summed E-state index contributed by atoms with van der Waals surface area (Å²) >= 11 is 0. The van der Waals surface area contributed by atoms with Gasteiger partial charge in [0.1, 0.15) is 0 Å². The first-order valence-corrected chi connectivity index (χ1v) is 12.0. The van der Waals surface area contributed by atoms with Crippen LogP contribution >= 0.6 is 0 Å². The van der Waals surface area contributed by atoms with E-state index in [4.69, 9.17) is 5.26 Å². The summed E-state index contributed by atoms with van der Waals surface area (Å²) in [7, 11) is 0. The Bertz CT molecular complexity index is 968. The minimum atomic E-state index is 0.0148. The molecule has 1 aliphatic carbocycles. The van der Waals surface area contributed by atoms with Gasteiger partial charge in [0, 0.05) is 25.2 Å². The Morgan fingerprint density at radius 1 is 1.03 bits per heavy atom. The van der Waals surface area contributed by atoms with Crippen LogP contribution in [-0.4, -0.2) is 36.5 Å². The van der Waals surface area contributed by atoms with E-state index in [-0.39, 0.29) is 5.91 Å². The molecule has 1 N–H and O–H groups in total. The molecule has 0 bridgehead atoms. The Balaban J connectivity index is 1.16. The zero-order valence-electron chi connectivity index (χ0n) is 18.8. The third-order valence-corrected chi connectivity index (χ3v) is 7.00. The molecule has 2 aliphatic rings. The summed E-state index contributed by atoms with van der Waals surface area (Å²) in [5.41, 5.74) is 4.58. The van der Waals surface area contributed by atoms with E-state index in [0.717, 1.165) is 62.4 Å². The highest BCUT2D eigenvalue weighted by molar-refractivity contribution is 5.91. The lowest BCUT2D eigenvalue weighted by Gasteiger charge is -2.30. The SMILES string of the molecule is N#Cc1ccc2c(c1)CCN(CCC1CCC(NC(=O)/C=C\c3ccccc3)CC1)CC2. The first kappa shape index (κ1) is 22.3. The van der Waals surface area contributed by atoms with E-state index in [0.29, 0.717) is 6.04 Å². The van der Waals surface area contributed by atoms with Gasteiger partial charge in [-0.1, -0.05) is 36.4 Å². The highest BCUT2D eigenvalue weighted by Crippen LogP contribution is 2.27. The molecular weight excluding hydrogens is 394 g/mol. The minimum absolute atomic E-state index is 0.0148. The van der Waals surface area contributed by atoms with Crippen molar-refractivity contribution in [3.63, 3.8) is 0 Å². The van der Waals surface area contributed by atoms with Crippen molar-refractivity contribution in [2.75, 3.05) is 19.6 Å². The Kier molecular flexibility index (Phi) is 7.74. The Labute approximate surface area is 191 Å². The molecule has 0 atom stereocenters. The summed E-state index contributed by atoms with van der Waals surface area (Å²) in [5, 5.41) is 12.3. The lowest BCUT2D eigenvalue weighted by atomic mass is 9.84. The molecule has 0 unspecified atom stereocenters. The summed E-state index contributed by atoms with van der Waals surface area (Å²) in [6.07, 6.45) is 11.5. The zero-order chi connectivity index (χ0) is 22.2. The minimum Gasteiger partial charge on any atom is -0.350 e. The van der Waals surface area contributed by atoms with Crippen LogP contribution in [0.1, 0.15) is 54.4 Å². The largest absolute Gasteiger partial charge is 0.350 e. The number of nitrogens with one attached hydrogen (secondary N) is 1. The van der Waals surface area contributed by atoms with E-state index in [2.05, 4.69) is 28.4 Å². The van der Waals surface area contributed by atoms with Crippen molar-refractivity contribution in [2.45, 2.75) is 51.0 Å². The van der Waals surface area contributed by atoms with Crippen LogP contribution in [0.25, 0.3) is 6.08 Å². The molecule has 166 valence electrons. The maximum atomic E-state index is 12.2. The molecule has 1 aliphatic heterocycles. The van der Waals surface area contributed by atoms with Crippen molar-refractivity contribution >= 4 is 12.0 Å². The third-order valence-electron chi connectivity index (χ3n) is 7.00. The number of nitriles is 1. The zero-order valence-corrected chi connectivity index (χ0v) is 18.8. The summed E-state index contributed by atoms with van der Waals surface area (Å²) < 4.78 is 0. The van der Waals surface area contributed by atoms with Crippen LogP contribution in [0.5, 0.6) is 0 Å². The van der Waals surface area contributed by atoms with Gasteiger partial charge in [-0.25, -0.2) is 0 Å². The average Bonchev–Trinajstić information content (AvgIpc) is 3.05. The Morgan fingerprint density at radius 3 is 2.53 bits per heavy atom. The topological polar surface area (TPSA) is 56.1 Å². The molecule has 0 saturated heterocycles. The second-order valence-corrected chi connectivity index (χ2v) is 9.20. The number of nitrogens with zero attached hydrogens (tertiary/aromatic N) is 2. The molecule has 1 saturated carbocycles. The van der Waals surface area contributed by atoms with Crippen LogP contribution in [0, 0.1) is 17.2 Å². The fourth-order valence-corrected chi connectivity index (χ4v) is 5.01. The lowest BCUT2D eigenvalue weighted by molar-refractivity contribution is -0.117. The number of fused-ring (bicyclic) bond motifs is 1. The molecule has 32 heavy (non-hydrogen) atoms. The molecule has 1 heterocycles.